The Kier molecular flexibility index (Phi) is 23.9. The van der Waals surface area contributed by atoms with Crippen molar-refractivity contribution in [2.45, 2.75) is 103 Å². The van der Waals surface area contributed by atoms with E-state index in [4.69, 9.17) is 10.2 Å². The predicted molar refractivity (Wildman–Crippen MR) is 121 cm³/mol. The molecule has 0 spiro atoms. The van der Waals surface area contributed by atoms with Crippen LogP contribution >= 0.6 is 0 Å². The monoisotopic (exact) mass is 460 g/mol. The van der Waals surface area contributed by atoms with E-state index in [9.17, 15) is 13.2 Å². The van der Waals surface area contributed by atoms with Gasteiger partial charge < -0.3 is 14.4 Å². The van der Waals surface area contributed by atoms with Gasteiger partial charge in [0.05, 0.1) is 13.2 Å². The minimum absolute atomic E-state index is 0. The van der Waals surface area contributed by atoms with Crippen LogP contribution in [0.25, 0.3) is 0 Å². The van der Waals surface area contributed by atoms with Gasteiger partial charge in [-0.1, -0.05) is 70.4 Å². The molecule has 0 fully saturated rings. The van der Waals surface area contributed by atoms with Crippen LogP contribution in [0.2, 0.25) is 0 Å². The molecule has 0 rings (SSSR count). The summed E-state index contributed by atoms with van der Waals surface area (Å²) in [6.07, 6.45) is 18.0. The van der Waals surface area contributed by atoms with Gasteiger partial charge >= 0.3 is 45.9 Å². The first kappa shape index (κ1) is 32.2. The van der Waals surface area contributed by atoms with Crippen molar-refractivity contribution in [3.63, 3.8) is 0 Å². The van der Waals surface area contributed by atoms with Crippen molar-refractivity contribution >= 4 is 45.9 Å². The molecule has 0 saturated heterocycles. The molecule has 0 aromatic heterocycles. The summed E-state index contributed by atoms with van der Waals surface area (Å²) in [5, 5.41) is 17.6. The van der Waals surface area contributed by atoms with Gasteiger partial charge in [0.15, 0.2) is 0 Å². The zero-order valence-electron chi connectivity index (χ0n) is 17.9. The number of hydrogen-bond donors (Lipinski definition) is 2. The summed E-state index contributed by atoms with van der Waals surface area (Å²) in [4.78, 5) is 11.5. The first-order valence-electron chi connectivity index (χ1n) is 11.0. The number of aliphatic hydroxyl groups excluding tert-OH is 2. The molecule has 0 bridgehead atoms. The molecule has 0 heterocycles. The molecule has 0 aliphatic rings. The number of aliphatic hydroxyl groups is 2. The number of rotatable bonds is 20. The van der Waals surface area contributed by atoms with Gasteiger partial charge in [0.25, 0.3) is 0 Å². The number of allylic oxidation sites excluding steroid dienone is 2. The quantitative estimate of drug-likeness (QED) is 0.162. The fourth-order valence-electron chi connectivity index (χ4n) is 2.73. The van der Waals surface area contributed by atoms with Gasteiger partial charge in [-0.05, 0) is 32.1 Å². The maximum absolute atomic E-state index is 11.5. The van der Waals surface area contributed by atoms with E-state index in [-0.39, 0.29) is 36.0 Å². The normalized spacial score (nSPS) is 12.6. The van der Waals surface area contributed by atoms with Crippen molar-refractivity contribution in [1.82, 2.24) is 0 Å². The van der Waals surface area contributed by atoms with Crippen LogP contribution in [-0.4, -0.2) is 73.5 Å². The molecule has 0 amide bonds. The fraction of sp³-hybridized carbons (Fsp3) is 0.857. The Bertz CT molecular complexity index is 523. The van der Waals surface area contributed by atoms with Gasteiger partial charge in [-0.15, -0.1) is 0 Å². The third-order valence-corrected chi connectivity index (χ3v) is 5.27. The van der Waals surface area contributed by atoms with Crippen molar-refractivity contribution in [2.75, 3.05) is 13.2 Å². The van der Waals surface area contributed by atoms with Crippen molar-refractivity contribution in [2.24, 2.45) is 0 Å². The molecule has 0 aromatic rings. The van der Waals surface area contributed by atoms with Gasteiger partial charge in [0, 0.05) is 6.42 Å². The van der Waals surface area contributed by atoms with Crippen LogP contribution in [-0.2, 0) is 23.6 Å². The van der Waals surface area contributed by atoms with E-state index in [2.05, 4.69) is 27.4 Å². The van der Waals surface area contributed by atoms with Crippen LogP contribution in [0.5, 0.6) is 0 Å². The Labute approximate surface area is 205 Å². The van der Waals surface area contributed by atoms with Crippen molar-refractivity contribution in [1.29, 1.82) is 0 Å². The Hall–Kier alpha value is 0.0400. The van der Waals surface area contributed by atoms with Crippen LogP contribution in [0, 0.1) is 0 Å². The summed E-state index contributed by atoms with van der Waals surface area (Å²) in [6, 6.07) is 0. The van der Waals surface area contributed by atoms with E-state index in [1.54, 1.807) is 0 Å². The molecular formula is C21H41NaO7S. The average molecular weight is 461 g/mol. The Morgan fingerprint density at radius 1 is 0.900 bits per heavy atom. The van der Waals surface area contributed by atoms with Crippen LogP contribution in [0.4, 0.5) is 0 Å². The van der Waals surface area contributed by atoms with Gasteiger partial charge in [0.1, 0.15) is 6.10 Å². The van der Waals surface area contributed by atoms with E-state index in [1.807, 2.05) is 0 Å². The molecule has 1 atom stereocenters. The van der Waals surface area contributed by atoms with Crippen LogP contribution < -0.4 is 0 Å². The molecule has 0 aliphatic heterocycles. The standard InChI is InChI=1S/C21H40O7S.Na.H/c1-2-3-4-5-6-7-8-9-10-11-12-13-14-15-16-17-21(24)28-29(25,26)27-19-20(23)18-22;;/h9-10,20,22-23H,2-8,11-19H2,1H3;;/b10-9-;;. The van der Waals surface area contributed by atoms with Crippen LogP contribution in [0.1, 0.15) is 96.8 Å². The molecule has 0 aliphatic carbocycles. The topological polar surface area (TPSA) is 110 Å². The second kappa shape index (κ2) is 22.2. The molecule has 0 saturated carbocycles. The first-order chi connectivity index (χ1) is 13.9. The van der Waals surface area contributed by atoms with E-state index in [1.165, 1.54) is 44.9 Å². The summed E-state index contributed by atoms with van der Waals surface area (Å²) in [6.45, 7) is 0.938. The SMILES string of the molecule is CCCCCCCC/C=C\CCCCCCCC(=O)OS(=O)(=O)OCC(O)CO.[NaH]. The molecule has 0 aromatic carbocycles. The van der Waals surface area contributed by atoms with E-state index >= 15 is 0 Å². The number of unbranched alkanes of at least 4 members (excludes halogenated alkanes) is 11. The molecule has 9 heteroatoms. The molecule has 2 N–H and O–H groups in total. The molecule has 7 nitrogen and oxygen atoms in total. The van der Waals surface area contributed by atoms with Gasteiger partial charge in [-0.3, -0.25) is 4.79 Å². The second-order valence-electron chi connectivity index (χ2n) is 7.32. The Morgan fingerprint density at radius 2 is 1.40 bits per heavy atom. The van der Waals surface area contributed by atoms with Crippen molar-refractivity contribution < 1.29 is 31.8 Å². The number of carbonyl (C=O) groups excluding carboxylic acids is 1. The summed E-state index contributed by atoms with van der Waals surface area (Å²) >= 11 is 0. The third kappa shape index (κ3) is 22.7. The summed E-state index contributed by atoms with van der Waals surface area (Å²) in [7, 11) is -4.48. The minimum atomic E-state index is -4.48. The van der Waals surface area contributed by atoms with Gasteiger partial charge in [-0.25, -0.2) is 4.18 Å². The summed E-state index contributed by atoms with van der Waals surface area (Å²) in [5.41, 5.74) is 0. The predicted octanol–water partition coefficient (Wildman–Crippen LogP) is 3.53. The number of hydrogen-bond acceptors (Lipinski definition) is 7. The van der Waals surface area contributed by atoms with E-state index < -0.39 is 35.7 Å². The molecular weight excluding hydrogens is 419 g/mol. The van der Waals surface area contributed by atoms with E-state index in [0.29, 0.717) is 6.42 Å². The third-order valence-electron chi connectivity index (χ3n) is 4.45. The molecule has 174 valence electrons. The first-order valence-corrected chi connectivity index (χ1v) is 12.3. The zero-order valence-corrected chi connectivity index (χ0v) is 18.7. The Morgan fingerprint density at radius 3 is 1.93 bits per heavy atom. The van der Waals surface area contributed by atoms with Crippen molar-refractivity contribution in [3.8, 4) is 0 Å². The van der Waals surface area contributed by atoms with Crippen molar-refractivity contribution in [3.05, 3.63) is 12.2 Å². The number of carbonyl (C=O) groups is 1. The summed E-state index contributed by atoms with van der Waals surface area (Å²) < 4.78 is 31.3. The molecule has 30 heavy (non-hydrogen) atoms. The van der Waals surface area contributed by atoms with Gasteiger partial charge in [-0.2, -0.15) is 8.42 Å². The fourth-order valence-corrected chi connectivity index (χ4v) is 3.42. The summed E-state index contributed by atoms with van der Waals surface area (Å²) in [5.74, 6) is -0.874. The average Bonchev–Trinajstić information content (AvgIpc) is 2.68. The van der Waals surface area contributed by atoms with Crippen LogP contribution in [0.3, 0.4) is 0 Å². The van der Waals surface area contributed by atoms with Crippen LogP contribution in [0.15, 0.2) is 12.2 Å². The van der Waals surface area contributed by atoms with E-state index in [0.717, 1.165) is 32.1 Å². The molecule has 1 unspecified atom stereocenters. The molecule has 0 radical (unpaired) electrons. The second-order valence-corrected chi connectivity index (χ2v) is 8.54. The Balaban J connectivity index is 0. The van der Waals surface area contributed by atoms with Gasteiger partial charge in [0.2, 0.25) is 0 Å². The zero-order chi connectivity index (χ0) is 21.8. The maximum atomic E-state index is 11.5.